The molecule has 0 spiro atoms. The van der Waals surface area contributed by atoms with Gasteiger partial charge >= 0.3 is 0 Å². The highest BCUT2D eigenvalue weighted by atomic mass is 35.5. The van der Waals surface area contributed by atoms with E-state index < -0.39 is 0 Å². The Bertz CT molecular complexity index is 868. The molecule has 2 aliphatic heterocycles. The number of carbonyl (C=O) groups excluding carboxylic acids is 2. The lowest BCUT2D eigenvalue weighted by Crippen LogP contribution is -2.53. The monoisotopic (exact) mass is 403 g/mol. The first-order valence-corrected chi connectivity index (χ1v) is 9.80. The van der Waals surface area contributed by atoms with Crippen LogP contribution in [0, 0.1) is 6.92 Å². The SMILES string of the molecule is Cc1nc(C(=O)N2CCN(C(=O)C3CCCO3)CC2)nn1-c1ccc(Cl)cc1. The van der Waals surface area contributed by atoms with Crippen molar-refractivity contribution in [2.75, 3.05) is 32.8 Å². The number of aromatic nitrogens is 3. The largest absolute Gasteiger partial charge is 0.368 e. The minimum Gasteiger partial charge on any atom is -0.368 e. The van der Waals surface area contributed by atoms with Gasteiger partial charge in [-0.05, 0) is 44.0 Å². The first kappa shape index (κ1) is 18.9. The van der Waals surface area contributed by atoms with Crippen LogP contribution in [0.5, 0.6) is 0 Å². The Morgan fingerprint density at radius 3 is 2.43 bits per heavy atom. The molecule has 4 rings (SSSR count). The van der Waals surface area contributed by atoms with Gasteiger partial charge in [0.15, 0.2) is 0 Å². The van der Waals surface area contributed by atoms with Gasteiger partial charge in [-0.2, -0.15) is 0 Å². The maximum Gasteiger partial charge on any atom is 0.293 e. The molecule has 2 aromatic rings. The highest BCUT2D eigenvalue weighted by molar-refractivity contribution is 6.30. The van der Waals surface area contributed by atoms with Crippen LogP contribution in [0.2, 0.25) is 5.02 Å². The Morgan fingerprint density at radius 2 is 1.79 bits per heavy atom. The Labute approximate surface area is 168 Å². The number of nitrogens with zero attached hydrogens (tertiary/aromatic N) is 5. The number of carbonyl (C=O) groups is 2. The predicted molar refractivity (Wildman–Crippen MR) is 103 cm³/mol. The van der Waals surface area contributed by atoms with Gasteiger partial charge in [0.1, 0.15) is 11.9 Å². The highest BCUT2D eigenvalue weighted by Crippen LogP contribution is 2.17. The van der Waals surface area contributed by atoms with Crippen LogP contribution in [0.15, 0.2) is 24.3 Å². The zero-order chi connectivity index (χ0) is 19.7. The van der Waals surface area contributed by atoms with Crippen molar-refractivity contribution in [3.05, 3.63) is 40.9 Å². The molecule has 8 nitrogen and oxygen atoms in total. The van der Waals surface area contributed by atoms with Gasteiger partial charge in [0.25, 0.3) is 11.8 Å². The number of ether oxygens (including phenoxy) is 1. The van der Waals surface area contributed by atoms with Crippen molar-refractivity contribution in [2.24, 2.45) is 0 Å². The van der Waals surface area contributed by atoms with Crippen molar-refractivity contribution >= 4 is 23.4 Å². The molecule has 0 saturated carbocycles. The van der Waals surface area contributed by atoms with Gasteiger partial charge in [0, 0.05) is 37.8 Å². The van der Waals surface area contributed by atoms with Crippen molar-refractivity contribution < 1.29 is 14.3 Å². The van der Waals surface area contributed by atoms with Crippen LogP contribution in [-0.4, -0.2) is 75.3 Å². The lowest BCUT2D eigenvalue weighted by Gasteiger charge is -2.35. The van der Waals surface area contributed by atoms with Gasteiger partial charge < -0.3 is 14.5 Å². The summed E-state index contributed by atoms with van der Waals surface area (Å²) in [5.74, 6) is 0.592. The van der Waals surface area contributed by atoms with Crippen molar-refractivity contribution in [1.29, 1.82) is 0 Å². The second kappa shape index (κ2) is 7.89. The number of piperazine rings is 1. The molecule has 2 amide bonds. The number of benzene rings is 1. The summed E-state index contributed by atoms with van der Waals surface area (Å²) in [5, 5.41) is 5.01. The average Bonchev–Trinajstić information content (AvgIpc) is 3.38. The molecule has 9 heteroatoms. The van der Waals surface area contributed by atoms with Crippen molar-refractivity contribution in [1.82, 2.24) is 24.6 Å². The number of hydrogen-bond acceptors (Lipinski definition) is 5. The van der Waals surface area contributed by atoms with E-state index in [0.29, 0.717) is 43.6 Å². The number of halogens is 1. The van der Waals surface area contributed by atoms with Crippen LogP contribution in [0.25, 0.3) is 5.69 Å². The van der Waals surface area contributed by atoms with Gasteiger partial charge in [0.05, 0.1) is 5.69 Å². The highest BCUT2D eigenvalue weighted by Gasteiger charge is 2.32. The second-order valence-corrected chi connectivity index (χ2v) is 7.43. The fourth-order valence-electron chi connectivity index (χ4n) is 3.55. The Balaban J connectivity index is 1.41. The number of aryl methyl sites for hydroxylation is 1. The van der Waals surface area contributed by atoms with E-state index in [1.807, 2.05) is 12.1 Å². The van der Waals surface area contributed by atoms with Crippen LogP contribution < -0.4 is 0 Å². The third-order valence-electron chi connectivity index (χ3n) is 5.12. The van der Waals surface area contributed by atoms with Crippen LogP contribution in [0.4, 0.5) is 0 Å². The van der Waals surface area contributed by atoms with Crippen molar-refractivity contribution in [3.63, 3.8) is 0 Å². The Morgan fingerprint density at radius 1 is 1.11 bits per heavy atom. The van der Waals surface area contributed by atoms with E-state index in [4.69, 9.17) is 16.3 Å². The van der Waals surface area contributed by atoms with E-state index >= 15 is 0 Å². The van der Waals surface area contributed by atoms with Crippen LogP contribution in [-0.2, 0) is 9.53 Å². The van der Waals surface area contributed by atoms with Gasteiger partial charge in [0.2, 0.25) is 5.82 Å². The van der Waals surface area contributed by atoms with E-state index in [9.17, 15) is 9.59 Å². The van der Waals surface area contributed by atoms with Crippen molar-refractivity contribution in [3.8, 4) is 5.69 Å². The zero-order valence-corrected chi connectivity index (χ0v) is 16.4. The maximum atomic E-state index is 12.8. The van der Waals surface area contributed by atoms with E-state index in [-0.39, 0.29) is 23.7 Å². The first-order valence-electron chi connectivity index (χ1n) is 9.42. The second-order valence-electron chi connectivity index (χ2n) is 6.99. The topological polar surface area (TPSA) is 80.6 Å². The molecular formula is C19H22ClN5O3. The minimum absolute atomic E-state index is 0.0329. The summed E-state index contributed by atoms with van der Waals surface area (Å²) < 4.78 is 7.10. The molecule has 0 N–H and O–H groups in total. The molecule has 0 radical (unpaired) electrons. The average molecular weight is 404 g/mol. The molecule has 3 heterocycles. The van der Waals surface area contributed by atoms with Gasteiger partial charge in [-0.1, -0.05) is 11.6 Å². The number of hydrogen-bond donors (Lipinski definition) is 0. The van der Waals surface area contributed by atoms with Crippen molar-refractivity contribution in [2.45, 2.75) is 25.9 Å². The third kappa shape index (κ3) is 3.74. The Kier molecular flexibility index (Phi) is 5.32. The normalized spacial score (nSPS) is 19.9. The molecule has 148 valence electrons. The molecule has 1 unspecified atom stereocenters. The lowest BCUT2D eigenvalue weighted by molar-refractivity contribution is -0.142. The van der Waals surface area contributed by atoms with Crippen LogP contribution in [0.3, 0.4) is 0 Å². The number of amides is 2. The van der Waals surface area contributed by atoms with E-state index in [0.717, 1.165) is 18.5 Å². The van der Waals surface area contributed by atoms with Crippen LogP contribution in [0.1, 0.15) is 29.3 Å². The van der Waals surface area contributed by atoms with Crippen LogP contribution >= 0.6 is 11.6 Å². The smallest absolute Gasteiger partial charge is 0.293 e. The zero-order valence-electron chi connectivity index (χ0n) is 15.7. The molecular weight excluding hydrogens is 382 g/mol. The molecule has 1 aromatic heterocycles. The summed E-state index contributed by atoms with van der Waals surface area (Å²) >= 11 is 5.93. The fourth-order valence-corrected chi connectivity index (χ4v) is 3.68. The predicted octanol–water partition coefficient (Wildman–Crippen LogP) is 1.69. The first-order chi connectivity index (χ1) is 13.5. The van der Waals surface area contributed by atoms with Gasteiger partial charge in [-0.3, -0.25) is 9.59 Å². The summed E-state index contributed by atoms with van der Waals surface area (Å²) in [6, 6.07) is 7.19. The lowest BCUT2D eigenvalue weighted by atomic mass is 10.2. The Hall–Kier alpha value is -2.45. The fraction of sp³-hybridized carbons (Fsp3) is 0.474. The summed E-state index contributed by atoms with van der Waals surface area (Å²) in [7, 11) is 0. The summed E-state index contributed by atoms with van der Waals surface area (Å²) in [6.45, 7) is 4.38. The molecule has 0 aliphatic carbocycles. The van der Waals surface area contributed by atoms with E-state index in [2.05, 4.69) is 10.1 Å². The third-order valence-corrected chi connectivity index (χ3v) is 5.37. The molecule has 28 heavy (non-hydrogen) atoms. The molecule has 2 fully saturated rings. The van der Waals surface area contributed by atoms with E-state index in [1.54, 1.807) is 33.5 Å². The minimum atomic E-state index is -0.318. The van der Waals surface area contributed by atoms with Gasteiger partial charge in [-0.25, -0.2) is 9.67 Å². The molecule has 2 saturated heterocycles. The maximum absolute atomic E-state index is 12.8. The molecule has 1 atom stereocenters. The molecule has 2 aliphatic rings. The summed E-state index contributed by atoms with van der Waals surface area (Å²) in [5.41, 5.74) is 0.792. The van der Waals surface area contributed by atoms with Gasteiger partial charge in [-0.15, -0.1) is 5.10 Å². The molecule has 0 bridgehead atoms. The standard InChI is InChI=1S/C19H22ClN5O3/c1-13-21-17(22-25(13)15-6-4-14(20)5-7-15)19(27)24-10-8-23(9-11-24)18(26)16-3-2-12-28-16/h4-7,16H,2-3,8-12H2,1H3. The summed E-state index contributed by atoms with van der Waals surface area (Å²) in [6.07, 6.45) is 1.39. The number of rotatable bonds is 3. The summed E-state index contributed by atoms with van der Waals surface area (Å²) in [4.78, 5) is 33.1. The quantitative estimate of drug-likeness (QED) is 0.779. The molecule has 1 aromatic carbocycles. The van der Waals surface area contributed by atoms with E-state index in [1.165, 1.54) is 0 Å².